The average Bonchev–Trinajstić information content (AvgIpc) is 3.14. The number of aromatic nitrogens is 1. The fraction of sp³-hybridized carbons (Fsp3) is 0.150. The smallest absolute Gasteiger partial charge is 0.254 e. The number of hydrogen-bond donors (Lipinski definition) is 2. The van der Waals surface area contributed by atoms with Crippen LogP contribution in [0.15, 0.2) is 53.9 Å². The minimum atomic E-state index is -0.582. The molecule has 0 aliphatic carbocycles. The van der Waals surface area contributed by atoms with Crippen molar-refractivity contribution in [2.75, 3.05) is 13.1 Å². The number of halogens is 2. The Hall–Kier alpha value is -2.77. The molecule has 1 aromatic heterocycles. The van der Waals surface area contributed by atoms with Gasteiger partial charge in [-0.2, -0.15) is 0 Å². The van der Waals surface area contributed by atoms with Crippen molar-refractivity contribution in [2.45, 2.75) is 6.42 Å². The zero-order valence-corrected chi connectivity index (χ0v) is 16.3. The first-order valence-corrected chi connectivity index (χ1v) is 9.79. The lowest BCUT2D eigenvalue weighted by Crippen LogP contribution is -2.35. The highest BCUT2D eigenvalue weighted by atomic mass is 35.5. The number of rotatable bonds is 7. The van der Waals surface area contributed by atoms with Crippen LogP contribution in [0.3, 0.4) is 0 Å². The highest BCUT2D eigenvalue weighted by molar-refractivity contribution is 7.13. The molecule has 0 fully saturated rings. The van der Waals surface area contributed by atoms with Gasteiger partial charge in [0.25, 0.3) is 5.91 Å². The minimum Gasteiger partial charge on any atom is -0.354 e. The first-order chi connectivity index (χ1) is 13.5. The Labute approximate surface area is 170 Å². The van der Waals surface area contributed by atoms with Crippen LogP contribution < -0.4 is 10.6 Å². The number of hydrogen-bond acceptors (Lipinski definition) is 4. The van der Waals surface area contributed by atoms with Crippen LogP contribution in [-0.4, -0.2) is 29.9 Å². The van der Waals surface area contributed by atoms with Gasteiger partial charge in [0.2, 0.25) is 5.91 Å². The molecule has 0 atom stereocenters. The molecule has 0 saturated carbocycles. The second-order valence-electron chi connectivity index (χ2n) is 5.89. The van der Waals surface area contributed by atoms with Gasteiger partial charge in [0.05, 0.1) is 22.7 Å². The molecule has 0 bridgehead atoms. The molecule has 0 aliphatic rings. The molecule has 0 aliphatic heterocycles. The van der Waals surface area contributed by atoms with Gasteiger partial charge in [-0.05, 0) is 18.2 Å². The SMILES string of the molecule is O=C(Cc1csc(-c2ccccc2Cl)n1)NCCNC(=O)c1ccccc1F. The van der Waals surface area contributed by atoms with Gasteiger partial charge in [0, 0.05) is 24.0 Å². The average molecular weight is 418 g/mol. The summed E-state index contributed by atoms with van der Waals surface area (Å²) >= 11 is 7.59. The fourth-order valence-electron chi connectivity index (χ4n) is 2.49. The van der Waals surface area contributed by atoms with Crippen molar-refractivity contribution in [3.05, 3.63) is 76.0 Å². The van der Waals surface area contributed by atoms with Crippen LogP contribution in [-0.2, 0) is 11.2 Å². The summed E-state index contributed by atoms with van der Waals surface area (Å²) in [6.45, 7) is 0.432. The van der Waals surface area contributed by atoms with Gasteiger partial charge in [0.1, 0.15) is 10.8 Å². The second kappa shape index (κ2) is 9.43. The second-order valence-corrected chi connectivity index (χ2v) is 7.15. The third-order valence-corrected chi connectivity index (χ3v) is 5.10. The normalized spacial score (nSPS) is 10.5. The van der Waals surface area contributed by atoms with Crippen LogP contribution in [0.1, 0.15) is 16.1 Å². The molecule has 1 heterocycles. The number of amides is 2. The maximum Gasteiger partial charge on any atom is 0.254 e. The largest absolute Gasteiger partial charge is 0.354 e. The van der Waals surface area contributed by atoms with E-state index in [1.54, 1.807) is 12.1 Å². The molecule has 2 amide bonds. The van der Waals surface area contributed by atoms with Crippen LogP contribution in [0.2, 0.25) is 5.02 Å². The Morgan fingerprint density at radius 3 is 2.54 bits per heavy atom. The van der Waals surface area contributed by atoms with Gasteiger partial charge in [-0.25, -0.2) is 9.37 Å². The van der Waals surface area contributed by atoms with Crippen molar-refractivity contribution >= 4 is 34.8 Å². The molecule has 0 radical (unpaired) electrons. The van der Waals surface area contributed by atoms with Gasteiger partial charge >= 0.3 is 0 Å². The van der Waals surface area contributed by atoms with E-state index < -0.39 is 11.7 Å². The number of benzene rings is 2. The minimum absolute atomic E-state index is 0.0246. The quantitative estimate of drug-likeness (QED) is 0.576. The van der Waals surface area contributed by atoms with E-state index in [0.29, 0.717) is 10.7 Å². The van der Waals surface area contributed by atoms with Crippen LogP contribution >= 0.6 is 22.9 Å². The summed E-state index contributed by atoms with van der Waals surface area (Å²) in [5, 5.41) is 8.46. The Morgan fingerprint density at radius 2 is 1.75 bits per heavy atom. The Balaban J connectivity index is 1.45. The van der Waals surface area contributed by atoms with E-state index >= 15 is 0 Å². The summed E-state index contributed by atoms with van der Waals surface area (Å²) in [5.74, 6) is -1.31. The van der Waals surface area contributed by atoms with Crippen LogP contribution in [0.4, 0.5) is 4.39 Å². The van der Waals surface area contributed by atoms with Crippen molar-refractivity contribution in [3.63, 3.8) is 0 Å². The number of thiazole rings is 1. The Kier molecular flexibility index (Phi) is 6.73. The predicted octanol–water partition coefficient (Wildman–Crippen LogP) is 3.69. The highest BCUT2D eigenvalue weighted by Crippen LogP contribution is 2.30. The summed E-state index contributed by atoms with van der Waals surface area (Å²) in [4.78, 5) is 28.4. The third-order valence-electron chi connectivity index (χ3n) is 3.85. The number of carbonyl (C=O) groups excluding carboxylic acids is 2. The standard InChI is InChI=1S/C20H17ClFN3O2S/c21-16-7-3-1-5-14(16)20-25-13(12-28-20)11-18(26)23-9-10-24-19(27)15-6-2-4-8-17(15)22/h1-8,12H,9-11H2,(H,23,26)(H,24,27). The van der Waals surface area contributed by atoms with E-state index in [1.807, 2.05) is 23.6 Å². The van der Waals surface area contributed by atoms with Gasteiger partial charge in [-0.3, -0.25) is 9.59 Å². The zero-order valence-electron chi connectivity index (χ0n) is 14.7. The van der Waals surface area contributed by atoms with Gasteiger partial charge in [-0.15, -0.1) is 11.3 Å². The lowest BCUT2D eigenvalue weighted by atomic mass is 10.2. The van der Waals surface area contributed by atoms with E-state index in [0.717, 1.165) is 10.6 Å². The van der Waals surface area contributed by atoms with Crippen molar-refractivity contribution in [2.24, 2.45) is 0 Å². The predicted molar refractivity (Wildman–Crippen MR) is 108 cm³/mol. The maximum absolute atomic E-state index is 13.5. The van der Waals surface area contributed by atoms with E-state index in [4.69, 9.17) is 11.6 Å². The van der Waals surface area contributed by atoms with Crippen molar-refractivity contribution in [3.8, 4) is 10.6 Å². The van der Waals surface area contributed by atoms with Crippen molar-refractivity contribution in [1.29, 1.82) is 0 Å². The van der Waals surface area contributed by atoms with E-state index in [2.05, 4.69) is 15.6 Å². The summed E-state index contributed by atoms with van der Waals surface area (Å²) in [5.41, 5.74) is 1.45. The molecule has 8 heteroatoms. The molecular weight excluding hydrogens is 401 g/mol. The summed E-state index contributed by atoms with van der Waals surface area (Å²) < 4.78 is 13.5. The third kappa shape index (κ3) is 5.15. The van der Waals surface area contributed by atoms with E-state index in [1.165, 1.54) is 29.5 Å². The topological polar surface area (TPSA) is 71.1 Å². The summed E-state index contributed by atoms with van der Waals surface area (Å²) in [6.07, 6.45) is 0.127. The van der Waals surface area contributed by atoms with Crippen LogP contribution in [0.25, 0.3) is 10.6 Å². The number of nitrogens with zero attached hydrogens (tertiary/aromatic N) is 1. The van der Waals surface area contributed by atoms with Crippen LogP contribution in [0, 0.1) is 5.82 Å². The molecule has 0 unspecified atom stereocenters. The first kappa shape index (κ1) is 20.0. The van der Waals surface area contributed by atoms with Crippen molar-refractivity contribution in [1.82, 2.24) is 15.6 Å². The molecule has 28 heavy (non-hydrogen) atoms. The molecule has 144 valence electrons. The maximum atomic E-state index is 13.5. The molecule has 3 rings (SSSR count). The molecule has 2 aromatic carbocycles. The number of carbonyl (C=O) groups is 2. The fourth-order valence-corrected chi connectivity index (χ4v) is 3.63. The highest BCUT2D eigenvalue weighted by Gasteiger charge is 2.12. The van der Waals surface area contributed by atoms with Gasteiger partial charge in [-0.1, -0.05) is 41.9 Å². The van der Waals surface area contributed by atoms with E-state index in [-0.39, 0.29) is 31.0 Å². The van der Waals surface area contributed by atoms with Crippen LogP contribution in [0.5, 0.6) is 0 Å². The first-order valence-electron chi connectivity index (χ1n) is 8.53. The lowest BCUT2D eigenvalue weighted by Gasteiger charge is -2.07. The van der Waals surface area contributed by atoms with Gasteiger partial charge < -0.3 is 10.6 Å². The summed E-state index contributed by atoms with van der Waals surface area (Å²) in [7, 11) is 0. The lowest BCUT2D eigenvalue weighted by molar-refractivity contribution is -0.120. The molecule has 3 aromatic rings. The Morgan fingerprint density at radius 1 is 1.04 bits per heavy atom. The van der Waals surface area contributed by atoms with Crippen molar-refractivity contribution < 1.29 is 14.0 Å². The monoisotopic (exact) mass is 417 g/mol. The Bertz CT molecular complexity index is 993. The molecular formula is C20H17ClFN3O2S. The molecule has 2 N–H and O–H groups in total. The summed E-state index contributed by atoms with van der Waals surface area (Å²) in [6, 6.07) is 13.1. The molecule has 5 nitrogen and oxygen atoms in total. The van der Waals surface area contributed by atoms with Gasteiger partial charge in [0.15, 0.2) is 0 Å². The molecule has 0 saturated heterocycles. The van der Waals surface area contributed by atoms with E-state index in [9.17, 15) is 14.0 Å². The number of nitrogens with one attached hydrogen (secondary N) is 2. The molecule has 0 spiro atoms. The zero-order chi connectivity index (χ0) is 19.9.